The zero-order chi connectivity index (χ0) is 20.6. The van der Waals surface area contributed by atoms with Crippen LogP contribution < -0.4 is 0 Å². The number of morpholine rings is 1. The van der Waals surface area contributed by atoms with Crippen LogP contribution in [0.15, 0.2) is 60.9 Å². The first kappa shape index (κ1) is 19.7. The number of fused-ring (bicyclic) bond motifs is 1. The van der Waals surface area contributed by atoms with Gasteiger partial charge < -0.3 is 9.14 Å². The highest BCUT2D eigenvalue weighted by Gasteiger charge is 2.43. The number of rotatable bonds is 4. The van der Waals surface area contributed by atoms with Crippen molar-refractivity contribution in [2.75, 3.05) is 39.4 Å². The van der Waals surface area contributed by atoms with Gasteiger partial charge in [-0.3, -0.25) is 0 Å². The molecule has 2 fully saturated rings. The first-order chi connectivity index (χ1) is 14.6. The summed E-state index contributed by atoms with van der Waals surface area (Å²) in [5.74, 6) is 0. The molecule has 7 nitrogen and oxygen atoms in total. The number of aromatic nitrogens is 2. The standard InChI is InChI=1S/C22H26N4O3S/c27-30(28,26-14-16-29-17-15-26)25-12-9-22(10-13-25,19-6-2-1-3-7-19)20-18-24-11-5-4-8-21(24)23-20/h1-8,11,18H,9-10,12-17H2. The second kappa shape index (κ2) is 7.77. The zero-order valence-electron chi connectivity index (χ0n) is 16.9. The molecule has 5 rings (SSSR count). The molecule has 0 unspecified atom stereocenters. The molecule has 0 spiro atoms. The predicted octanol–water partition coefficient (Wildman–Crippen LogP) is 2.29. The molecule has 0 saturated carbocycles. The molecule has 8 heteroatoms. The Balaban J connectivity index is 1.48. The molecule has 158 valence electrons. The van der Waals surface area contributed by atoms with Crippen molar-refractivity contribution in [3.63, 3.8) is 0 Å². The number of pyridine rings is 1. The monoisotopic (exact) mass is 426 g/mol. The van der Waals surface area contributed by atoms with Gasteiger partial charge in [0.25, 0.3) is 10.2 Å². The normalized spacial score (nSPS) is 21.1. The second-order valence-corrected chi connectivity index (χ2v) is 9.89. The molecule has 0 radical (unpaired) electrons. The van der Waals surface area contributed by atoms with E-state index in [1.54, 1.807) is 8.61 Å². The Kier molecular flexibility index (Phi) is 5.10. The van der Waals surface area contributed by atoms with Crippen LogP contribution in [0.5, 0.6) is 0 Å². The van der Waals surface area contributed by atoms with Crippen LogP contribution in [0.4, 0.5) is 0 Å². The van der Waals surface area contributed by atoms with E-state index in [-0.39, 0.29) is 5.41 Å². The Labute approximate surface area is 177 Å². The minimum atomic E-state index is -3.46. The number of benzene rings is 1. The van der Waals surface area contributed by atoms with Gasteiger partial charge in [0, 0.05) is 44.0 Å². The summed E-state index contributed by atoms with van der Waals surface area (Å²) >= 11 is 0. The third-order valence-corrected chi connectivity index (χ3v) is 8.41. The van der Waals surface area contributed by atoms with E-state index in [4.69, 9.17) is 9.72 Å². The molecule has 30 heavy (non-hydrogen) atoms. The van der Waals surface area contributed by atoms with Crippen LogP contribution in [0.2, 0.25) is 0 Å². The zero-order valence-corrected chi connectivity index (χ0v) is 17.7. The summed E-state index contributed by atoms with van der Waals surface area (Å²) in [6.07, 6.45) is 5.49. The van der Waals surface area contributed by atoms with Gasteiger partial charge in [-0.2, -0.15) is 17.0 Å². The van der Waals surface area contributed by atoms with Crippen molar-refractivity contribution in [1.82, 2.24) is 18.0 Å². The first-order valence-electron chi connectivity index (χ1n) is 10.4. The topological polar surface area (TPSA) is 67.2 Å². The van der Waals surface area contributed by atoms with Crippen molar-refractivity contribution in [3.05, 3.63) is 72.2 Å². The van der Waals surface area contributed by atoms with Gasteiger partial charge in [0.1, 0.15) is 5.65 Å². The number of imidazole rings is 1. The quantitative estimate of drug-likeness (QED) is 0.642. The highest BCUT2D eigenvalue weighted by molar-refractivity contribution is 7.86. The lowest BCUT2D eigenvalue weighted by Crippen LogP contribution is -2.53. The molecule has 0 aliphatic carbocycles. The van der Waals surface area contributed by atoms with Gasteiger partial charge in [0.2, 0.25) is 0 Å². The highest BCUT2D eigenvalue weighted by Crippen LogP contribution is 2.42. The SMILES string of the molecule is O=S(=O)(N1CCOCC1)N1CCC(c2ccccc2)(c2cn3ccccc3n2)CC1. The number of hydrogen-bond acceptors (Lipinski definition) is 4. The lowest BCUT2D eigenvalue weighted by Gasteiger charge is -2.42. The summed E-state index contributed by atoms with van der Waals surface area (Å²) in [6.45, 7) is 2.72. The number of ether oxygens (including phenoxy) is 1. The van der Waals surface area contributed by atoms with E-state index in [9.17, 15) is 8.42 Å². The third kappa shape index (κ3) is 3.33. The van der Waals surface area contributed by atoms with Gasteiger partial charge >= 0.3 is 0 Å². The molecule has 4 heterocycles. The fourth-order valence-electron chi connectivity index (χ4n) is 4.65. The molecule has 2 aromatic heterocycles. The lowest BCUT2D eigenvalue weighted by molar-refractivity contribution is 0.0692. The smallest absolute Gasteiger partial charge is 0.282 e. The minimum absolute atomic E-state index is 0.301. The van der Waals surface area contributed by atoms with Crippen molar-refractivity contribution in [2.45, 2.75) is 18.3 Å². The number of piperidine rings is 1. The predicted molar refractivity (Wildman–Crippen MR) is 115 cm³/mol. The van der Waals surface area contributed by atoms with Crippen LogP contribution in [-0.2, 0) is 20.4 Å². The second-order valence-electron chi connectivity index (χ2n) is 7.96. The maximum atomic E-state index is 13.1. The Morgan fingerprint density at radius 3 is 2.23 bits per heavy atom. The molecule has 3 aromatic rings. The molecule has 2 aliphatic rings. The highest BCUT2D eigenvalue weighted by atomic mass is 32.2. The number of nitrogens with zero attached hydrogens (tertiary/aromatic N) is 4. The average molecular weight is 427 g/mol. The van der Waals surface area contributed by atoms with Crippen molar-refractivity contribution in [1.29, 1.82) is 0 Å². The first-order valence-corrected chi connectivity index (χ1v) is 11.8. The molecule has 2 aliphatic heterocycles. The molecule has 0 N–H and O–H groups in total. The van der Waals surface area contributed by atoms with Crippen LogP contribution in [0.1, 0.15) is 24.1 Å². The van der Waals surface area contributed by atoms with Gasteiger partial charge in [0.05, 0.1) is 18.9 Å². The van der Waals surface area contributed by atoms with Crippen molar-refractivity contribution < 1.29 is 13.2 Å². The summed E-state index contributed by atoms with van der Waals surface area (Å²) < 4.78 is 36.8. The summed E-state index contributed by atoms with van der Waals surface area (Å²) in [4.78, 5) is 4.93. The molecule has 2 saturated heterocycles. The molecular formula is C22H26N4O3S. The Bertz CT molecular complexity index is 1080. The van der Waals surface area contributed by atoms with E-state index in [0.717, 1.165) is 11.3 Å². The van der Waals surface area contributed by atoms with Crippen molar-refractivity contribution >= 4 is 15.9 Å². The lowest BCUT2D eigenvalue weighted by atomic mass is 9.71. The van der Waals surface area contributed by atoms with Crippen LogP contribution in [0.3, 0.4) is 0 Å². The molecule has 0 bridgehead atoms. The molecule has 1 aromatic carbocycles. The Morgan fingerprint density at radius 2 is 1.53 bits per heavy atom. The van der Waals surface area contributed by atoms with E-state index in [2.05, 4.69) is 18.3 Å². The fraction of sp³-hybridized carbons (Fsp3) is 0.409. The van der Waals surface area contributed by atoms with E-state index in [1.165, 1.54) is 5.56 Å². The van der Waals surface area contributed by atoms with Crippen LogP contribution in [0, 0.1) is 0 Å². The fourth-order valence-corrected chi connectivity index (χ4v) is 6.24. The number of hydrogen-bond donors (Lipinski definition) is 0. The summed E-state index contributed by atoms with van der Waals surface area (Å²) in [5.41, 5.74) is 2.80. The summed E-state index contributed by atoms with van der Waals surface area (Å²) in [5, 5.41) is 0. The van der Waals surface area contributed by atoms with Gasteiger partial charge in [-0.1, -0.05) is 36.4 Å². The minimum Gasteiger partial charge on any atom is -0.379 e. The van der Waals surface area contributed by atoms with Gasteiger partial charge in [-0.05, 0) is 30.5 Å². The Hall–Kier alpha value is -2.26. The van der Waals surface area contributed by atoms with Gasteiger partial charge in [0.15, 0.2) is 0 Å². The van der Waals surface area contributed by atoms with E-state index in [0.29, 0.717) is 52.2 Å². The van der Waals surface area contributed by atoms with Gasteiger partial charge in [-0.25, -0.2) is 4.98 Å². The maximum Gasteiger partial charge on any atom is 0.282 e. The average Bonchev–Trinajstić information content (AvgIpc) is 3.25. The molecule has 0 atom stereocenters. The van der Waals surface area contributed by atoms with Crippen molar-refractivity contribution in [2.24, 2.45) is 0 Å². The van der Waals surface area contributed by atoms with Crippen LogP contribution >= 0.6 is 0 Å². The Morgan fingerprint density at radius 1 is 0.867 bits per heavy atom. The van der Waals surface area contributed by atoms with Crippen LogP contribution in [-0.4, -0.2) is 65.8 Å². The maximum absolute atomic E-state index is 13.1. The van der Waals surface area contributed by atoms with E-state index < -0.39 is 10.2 Å². The summed E-state index contributed by atoms with van der Waals surface area (Å²) in [6, 6.07) is 16.4. The summed E-state index contributed by atoms with van der Waals surface area (Å²) in [7, 11) is -3.46. The van der Waals surface area contributed by atoms with E-state index >= 15 is 0 Å². The molecular weight excluding hydrogens is 400 g/mol. The largest absolute Gasteiger partial charge is 0.379 e. The third-order valence-electron chi connectivity index (χ3n) is 6.38. The van der Waals surface area contributed by atoms with Crippen molar-refractivity contribution in [3.8, 4) is 0 Å². The van der Waals surface area contributed by atoms with E-state index in [1.807, 2.05) is 47.0 Å². The van der Waals surface area contributed by atoms with Crippen LogP contribution in [0.25, 0.3) is 5.65 Å². The molecule has 0 amide bonds. The van der Waals surface area contributed by atoms with Gasteiger partial charge in [-0.15, -0.1) is 0 Å².